The molecule has 0 atom stereocenters. The zero-order valence-electron chi connectivity index (χ0n) is 10.9. The van der Waals surface area contributed by atoms with E-state index in [1.165, 1.54) is 17.7 Å². The molecule has 2 aromatic heterocycles. The molecule has 3 nitrogen and oxygen atoms in total. The van der Waals surface area contributed by atoms with E-state index in [1.54, 1.807) is 11.3 Å². The Labute approximate surface area is 112 Å². The van der Waals surface area contributed by atoms with Crippen molar-refractivity contribution in [1.29, 1.82) is 0 Å². The van der Waals surface area contributed by atoms with Crippen molar-refractivity contribution >= 4 is 11.3 Å². The third-order valence-corrected chi connectivity index (χ3v) is 4.02. The van der Waals surface area contributed by atoms with E-state index in [1.807, 2.05) is 24.5 Å². The number of nitrogens with one attached hydrogen (secondary N) is 1. The maximum absolute atomic E-state index is 4.63. The van der Waals surface area contributed by atoms with Gasteiger partial charge in [0, 0.05) is 29.4 Å². The maximum atomic E-state index is 4.63. The molecule has 0 aliphatic carbocycles. The van der Waals surface area contributed by atoms with Crippen molar-refractivity contribution in [3.8, 4) is 10.6 Å². The average molecular weight is 261 g/mol. The van der Waals surface area contributed by atoms with Crippen LogP contribution in [0.2, 0.25) is 0 Å². The summed E-state index contributed by atoms with van der Waals surface area (Å²) in [6, 6.07) is 4.01. The van der Waals surface area contributed by atoms with E-state index < -0.39 is 0 Å². The maximum Gasteiger partial charge on any atom is 0.124 e. The van der Waals surface area contributed by atoms with Crippen LogP contribution in [0.5, 0.6) is 0 Å². The number of unbranched alkanes of at least 4 members (excludes halogenated alkanes) is 1. The summed E-state index contributed by atoms with van der Waals surface area (Å²) in [5.41, 5.74) is 2.29. The van der Waals surface area contributed by atoms with E-state index in [0.29, 0.717) is 0 Å². The van der Waals surface area contributed by atoms with Gasteiger partial charge in [0.1, 0.15) is 5.01 Å². The first-order valence-electron chi connectivity index (χ1n) is 6.38. The van der Waals surface area contributed by atoms with Crippen molar-refractivity contribution in [3.63, 3.8) is 0 Å². The highest BCUT2D eigenvalue weighted by Gasteiger charge is 2.08. The number of pyridine rings is 1. The van der Waals surface area contributed by atoms with Crippen LogP contribution in [0.3, 0.4) is 0 Å². The smallest absolute Gasteiger partial charge is 0.124 e. The number of hydrogen-bond acceptors (Lipinski definition) is 4. The zero-order valence-corrected chi connectivity index (χ0v) is 11.8. The largest absolute Gasteiger partial charge is 0.312 e. The first-order valence-corrected chi connectivity index (χ1v) is 7.20. The summed E-state index contributed by atoms with van der Waals surface area (Å²) in [6.45, 7) is 6.30. The lowest BCUT2D eigenvalue weighted by atomic mass is 10.3. The van der Waals surface area contributed by atoms with E-state index in [-0.39, 0.29) is 0 Å². The van der Waals surface area contributed by atoms with Gasteiger partial charge in [-0.25, -0.2) is 4.98 Å². The van der Waals surface area contributed by atoms with Crippen molar-refractivity contribution < 1.29 is 0 Å². The Kier molecular flexibility index (Phi) is 4.84. The molecule has 0 amide bonds. The van der Waals surface area contributed by atoms with Crippen molar-refractivity contribution in [2.45, 2.75) is 33.2 Å². The highest BCUT2D eigenvalue weighted by Crippen LogP contribution is 2.27. The minimum atomic E-state index is 0.925. The normalized spacial score (nSPS) is 10.8. The number of aryl methyl sites for hydroxylation is 1. The van der Waals surface area contributed by atoms with Crippen LogP contribution in [-0.4, -0.2) is 16.5 Å². The molecule has 4 heteroatoms. The molecule has 0 aliphatic rings. The minimum absolute atomic E-state index is 0.925. The Hall–Kier alpha value is -1.26. The van der Waals surface area contributed by atoms with Crippen LogP contribution in [-0.2, 0) is 6.54 Å². The molecule has 2 rings (SSSR count). The molecular weight excluding hydrogens is 242 g/mol. The van der Waals surface area contributed by atoms with Crippen molar-refractivity contribution in [3.05, 3.63) is 35.1 Å². The Bertz CT molecular complexity index is 479. The molecule has 1 N–H and O–H groups in total. The van der Waals surface area contributed by atoms with Crippen LogP contribution in [0, 0.1) is 6.92 Å². The van der Waals surface area contributed by atoms with Gasteiger partial charge < -0.3 is 5.32 Å². The van der Waals surface area contributed by atoms with E-state index >= 15 is 0 Å². The van der Waals surface area contributed by atoms with Gasteiger partial charge in [0.15, 0.2) is 0 Å². The van der Waals surface area contributed by atoms with E-state index in [9.17, 15) is 0 Å². The lowest BCUT2D eigenvalue weighted by Gasteiger charge is -2.01. The van der Waals surface area contributed by atoms with Gasteiger partial charge in [0.05, 0.1) is 5.69 Å². The molecule has 96 valence electrons. The number of rotatable bonds is 6. The zero-order chi connectivity index (χ0) is 12.8. The fourth-order valence-electron chi connectivity index (χ4n) is 1.71. The molecule has 0 unspecified atom stereocenters. The first kappa shape index (κ1) is 13.2. The van der Waals surface area contributed by atoms with Gasteiger partial charge in [-0.3, -0.25) is 4.98 Å². The topological polar surface area (TPSA) is 37.8 Å². The van der Waals surface area contributed by atoms with E-state index in [4.69, 9.17) is 0 Å². The third kappa shape index (κ3) is 3.37. The Morgan fingerprint density at radius 1 is 1.28 bits per heavy atom. The lowest BCUT2D eigenvalue weighted by Crippen LogP contribution is -2.14. The van der Waals surface area contributed by atoms with Gasteiger partial charge in [0.25, 0.3) is 0 Å². The van der Waals surface area contributed by atoms with Gasteiger partial charge in [0.2, 0.25) is 0 Å². The Morgan fingerprint density at radius 2 is 2.06 bits per heavy atom. The van der Waals surface area contributed by atoms with Gasteiger partial charge in [-0.1, -0.05) is 13.3 Å². The van der Waals surface area contributed by atoms with Crippen LogP contribution in [0.4, 0.5) is 0 Å². The molecule has 0 spiro atoms. The molecule has 2 aromatic rings. The van der Waals surface area contributed by atoms with Gasteiger partial charge in [-0.2, -0.15) is 0 Å². The molecule has 0 bridgehead atoms. The monoisotopic (exact) mass is 261 g/mol. The SMILES string of the molecule is CCCCNCc1sc(-c2ccncc2)nc1C. The standard InChI is InChI=1S/C14H19N3S/c1-3-4-7-16-10-13-11(2)17-14(18-13)12-5-8-15-9-6-12/h5-6,8-9,16H,3-4,7,10H2,1-2H3. The summed E-state index contributed by atoms with van der Waals surface area (Å²) in [5, 5.41) is 4.55. The van der Waals surface area contributed by atoms with Crippen LogP contribution >= 0.6 is 11.3 Å². The quantitative estimate of drug-likeness (QED) is 0.810. The number of aromatic nitrogens is 2. The Balaban J connectivity index is 2.03. The molecule has 18 heavy (non-hydrogen) atoms. The Morgan fingerprint density at radius 3 is 2.78 bits per heavy atom. The molecule has 0 aliphatic heterocycles. The van der Waals surface area contributed by atoms with Crippen molar-refractivity contribution in [1.82, 2.24) is 15.3 Å². The van der Waals surface area contributed by atoms with E-state index in [2.05, 4.69) is 29.1 Å². The van der Waals surface area contributed by atoms with Crippen LogP contribution in [0.1, 0.15) is 30.3 Å². The summed E-state index contributed by atoms with van der Waals surface area (Å²) >= 11 is 1.77. The van der Waals surface area contributed by atoms with Crippen LogP contribution in [0.15, 0.2) is 24.5 Å². The fraction of sp³-hybridized carbons (Fsp3) is 0.429. The van der Waals surface area contributed by atoms with Gasteiger partial charge in [-0.15, -0.1) is 11.3 Å². The highest BCUT2D eigenvalue weighted by molar-refractivity contribution is 7.15. The molecule has 0 saturated carbocycles. The molecule has 0 aromatic carbocycles. The fourth-order valence-corrected chi connectivity index (χ4v) is 2.75. The number of thiazole rings is 1. The van der Waals surface area contributed by atoms with Gasteiger partial charge >= 0.3 is 0 Å². The highest BCUT2D eigenvalue weighted by atomic mass is 32.1. The second-order valence-corrected chi connectivity index (χ2v) is 5.38. The molecular formula is C14H19N3S. The summed E-state index contributed by atoms with van der Waals surface area (Å²) in [6.07, 6.45) is 6.09. The summed E-state index contributed by atoms with van der Waals surface area (Å²) in [5.74, 6) is 0. The number of hydrogen-bond donors (Lipinski definition) is 1. The number of nitrogens with zero attached hydrogens (tertiary/aromatic N) is 2. The molecule has 2 heterocycles. The minimum Gasteiger partial charge on any atom is -0.312 e. The van der Waals surface area contributed by atoms with Crippen molar-refractivity contribution in [2.75, 3.05) is 6.54 Å². The van der Waals surface area contributed by atoms with Gasteiger partial charge in [-0.05, 0) is 32.0 Å². The van der Waals surface area contributed by atoms with Crippen LogP contribution in [0.25, 0.3) is 10.6 Å². The molecule has 0 saturated heterocycles. The second-order valence-electron chi connectivity index (χ2n) is 4.29. The summed E-state index contributed by atoms with van der Waals surface area (Å²) in [7, 11) is 0. The van der Waals surface area contributed by atoms with Crippen molar-refractivity contribution in [2.24, 2.45) is 0 Å². The first-order chi connectivity index (χ1) is 8.81. The van der Waals surface area contributed by atoms with E-state index in [0.717, 1.165) is 29.4 Å². The third-order valence-electron chi connectivity index (χ3n) is 2.81. The molecule has 0 radical (unpaired) electrons. The summed E-state index contributed by atoms with van der Waals surface area (Å²) < 4.78 is 0. The second kappa shape index (κ2) is 6.61. The average Bonchev–Trinajstić information content (AvgIpc) is 2.77. The molecule has 0 fully saturated rings. The van der Waals surface area contributed by atoms with Crippen LogP contribution < -0.4 is 5.32 Å². The summed E-state index contributed by atoms with van der Waals surface area (Å²) in [4.78, 5) is 10.00. The predicted octanol–water partition coefficient (Wildman–Crippen LogP) is 3.40. The predicted molar refractivity (Wildman–Crippen MR) is 76.7 cm³/mol. The lowest BCUT2D eigenvalue weighted by molar-refractivity contribution is 0.644.